The van der Waals surface area contributed by atoms with Crippen LogP contribution in [0.1, 0.15) is 36.3 Å². The Morgan fingerprint density at radius 1 is 1.50 bits per heavy atom. The number of fused-ring (bicyclic) bond motifs is 3. The van der Waals surface area contributed by atoms with Crippen molar-refractivity contribution in [3.05, 3.63) is 32.5 Å². The number of pyridine rings is 2. The molecule has 8 heteroatoms. The first-order chi connectivity index (χ1) is 10.2. The van der Waals surface area contributed by atoms with Gasteiger partial charge in [-0.2, -0.15) is 0 Å². The van der Waals surface area contributed by atoms with Crippen LogP contribution in [0.5, 0.6) is 0 Å². The second-order valence-corrected chi connectivity index (χ2v) is 6.29. The van der Waals surface area contributed by atoms with Gasteiger partial charge in [0.25, 0.3) is 0 Å². The van der Waals surface area contributed by atoms with Gasteiger partial charge in [-0.1, -0.05) is 11.6 Å². The third-order valence-corrected chi connectivity index (χ3v) is 4.38. The Bertz CT molecular complexity index is 905. The molecule has 0 aromatic carbocycles. The van der Waals surface area contributed by atoms with E-state index in [1.807, 2.05) is 13.8 Å². The highest BCUT2D eigenvalue weighted by atomic mass is 35.5. The number of carboxylic acids is 1. The van der Waals surface area contributed by atoms with Gasteiger partial charge in [-0.3, -0.25) is 4.79 Å². The van der Waals surface area contributed by atoms with Crippen molar-refractivity contribution in [3.8, 4) is 0 Å². The highest BCUT2D eigenvalue weighted by molar-refractivity contribution is 6.30. The summed E-state index contributed by atoms with van der Waals surface area (Å²) in [6, 6.07) is 0. The van der Waals surface area contributed by atoms with Gasteiger partial charge < -0.3 is 15.4 Å². The number of nitrogens with zero attached hydrogens (tertiary/aromatic N) is 2. The number of carbonyl (C=O) groups is 1. The predicted molar refractivity (Wildman–Crippen MR) is 80.0 cm³/mol. The maximum Gasteiger partial charge on any atom is 0.341 e. The van der Waals surface area contributed by atoms with Crippen molar-refractivity contribution in [3.63, 3.8) is 0 Å². The third-order valence-electron chi connectivity index (χ3n) is 4.13. The fourth-order valence-electron chi connectivity index (χ4n) is 3.07. The van der Waals surface area contributed by atoms with Gasteiger partial charge in [0, 0.05) is 11.2 Å². The Labute approximate surface area is 129 Å². The molecular formula is C14H13ClFN3O3. The topological polar surface area (TPSA) is 98.2 Å². The summed E-state index contributed by atoms with van der Waals surface area (Å²) in [5, 5.41) is 8.70. The molecule has 3 N–H and O–H groups in total. The summed E-state index contributed by atoms with van der Waals surface area (Å²) < 4.78 is 15.5. The van der Waals surface area contributed by atoms with E-state index in [9.17, 15) is 19.1 Å². The van der Waals surface area contributed by atoms with E-state index in [4.69, 9.17) is 17.3 Å². The van der Waals surface area contributed by atoms with E-state index in [1.165, 1.54) is 0 Å². The maximum atomic E-state index is 13.9. The first kappa shape index (κ1) is 14.8. The molecule has 0 unspecified atom stereocenters. The number of rotatable bonds is 1. The van der Waals surface area contributed by atoms with Crippen LogP contribution in [0.4, 0.5) is 10.1 Å². The van der Waals surface area contributed by atoms with Crippen molar-refractivity contribution in [1.82, 2.24) is 9.55 Å². The van der Waals surface area contributed by atoms with Crippen LogP contribution in [0, 0.1) is 5.82 Å². The van der Waals surface area contributed by atoms with Crippen LogP contribution in [0.15, 0.2) is 4.79 Å². The number of aromatic nitrogens is 2. The van der Waals surface area contributed by atoms with Gasteiger partial charge in [-0.15, -0.1) is 0 Å². The van der Waals surface area contributed by atoms with E-state index in [1.54, 1.807) is 4.57 Å². The monoisotopic (exact) mass is 325 g/mol. The average molecular weight is 326 g/mol. The van der Waals surface area contributed by atoms with Gasteiger partial charge in [0.05, 0.1) is 11.1 Å². The molecule has 1 aliphatic rings. The SMILES string of the molecule is CC1(C)CCc2c(C(=O)O)c(=O)c3c(N)c(F)c(Cl)nc3n21. The number of carboxylic acid groups (broad SMARTS) is 1. The Balaban J connectivity index is 2.66. The fraction of sp³-hybridized carbons (Fsp3) is 0.357. The summed E-state index contributed by atoms with van der Waals surface area (Å²) in [6.07, 6.45) is 1.04. The molecule has 0 spiro atoms. The average Bonchev–Trinajstić information content (AvgIpc) is 2.71. The molecule has 0 aliphatic carbocycles. The lowest BCUT2D eigenvalue weighted by Gasteiger charge is -2.25. The van der Waals surface area contributed by atoms with Crippen molar-refractivity contribution >= 4 is 34.3 Å². The Morgan fingerprint density at radius 3 is 2.73 bits per heavy atom. The third kappa shape index (κ3) is 1.75. The Kier molecular flexibility index (Phi) is 2.97. The zero-order chi connectivity index (χ0) is 16.4. The number of halogens is 2. The normalized spacial score (nSPS) is 16.0. The molecule has 3 rings (SSSR count). The lowest BCUT2D eigenvalue weighted by Crippen LogP contribution is -2.29. The van der Waals surface area contributed by atoms with Gasteiger partial charge >= 0.3 is 5.97 Å². The summed E-state index contributed by atoms with van der Waals surface area (Å²) in [7, 11) is 0. The van der Waals surface area contributed by atoms with Crippen LogP contribution >= 0.6 is 11.6 Å². The van der Waals surface area contributed by atoms with E-state index in [-0.39, 0.29) is 16.6 Å². The highest BCUT2D eigenvalue weighted by Crippen LogP contribution is 2.37. The van der Waals surface area contributed by atoms with E-state index in [0.29, 0.717) is 18.5 Å². The minimum Gasteiger partial charge on any atom is -0.477 e. The first-order valence-electron chi connectivity index (χ1n) is 6.62. The zero-order valence-electron chi connectivity index (χ0n) is 11.9. The maximum absolute atomic E-state index is 13.9. The van der Waals surface area contributed by atoms with Gasteiger partial charge in [0.1, 0.15) is 11.2 Å². The fourth-order valence-corrected chi connectivity index (χ4v) is 3.25. The highest BCUT2D eigenvalue weighted by Gasteiger charge is 2.36. The van der Waals surface area contributed by atoms with Crippen LogP contribution in [0.2, 0.25) is 5.15 Å². The molecule has 0 amide bonds. The minimum atomic E-state index is -1.36. The summed E-state index contributed by atoms with van der Waals surface area (Å²) in [6.45, 7) is 3.77. The van der Waals surface area contributed by atoms with Gasteiger partial charge in [-0.05, 0) is 26.7 Å². The number of hydrogen-bond donors (Lipinski definition) is 2. The molecule has 1 aliphatic heterocycles. The van der Waals surface area contributed by atoms with E-state index < -0.39 is 33.6 Å². The van der Waals surface area contributed by atoms with Gasteiger partial charge in [0.2, 0.25) is 5.43 Å². The molecule has 2 aromatic heterocycles. The standard InChI is InChI=1S/C14H13ClFN3O3/c1-14(2)4-3-5-6(13(21)22)10(20)7-9(17)8(16)11(15)18-12(7)19(5)14/h3-4H2,1-2H3,(H2,17,18)(H,21,22). The number of hydrogen-bond acceptors (Lipinski definition) is 4. The van der Waals surface area contributed by atoms with Crippen molar-refractivity contribution in [2.75, 3.05) is 5.73 Å². The Hall–Kier alpha value is -2.15. The van der Waals surface area contributed by atoms with Gasteiger partial charge in [0.15, 0.2) is 11.0 Å². The van der Waals surface area contributed by atoms with Crippen molar-refractivity contribution < 1.29 is 14.3 Å². The van der Waals surface area contributed by atoms with Crippen LogP contribution in [0.3, 0.4) is 0 Å². The van der Waals surface area contributed by atoms with Crippen molar-refractivity contribution in [1.29, 1.82) is 0 Å². The number of nitrogen functional groups attached to an aromatic ring is 1. The molecule has 116 valence electrons. The number of nitrogens with two attached hydrogens (primary N) is 1. The summed E-state index contributed by atoms with van der Waals surface area (Å²) >= 11 is 5.74. The molecule has 0 saturated heterocycles. The predicted octanol–water partition coefficient (Wildman–Crippen LogP) is 2.15. The van der Waals surface area contributed by atoms with Crippen LogP contribution in [0.25, 0.3) is 11.0 Å². The molecule has 0 radical (unpaired) electrons. The lowest BCUT2D eigenvalue weighted by atomic mass is 10.0. The quantitative estimate of drug-likeness (QED) is 0.783. The smallest absolute Gasteiger partial charge is 0.341 e. The van der Waals surface area contributed by atoms with Crippen molar-refractivity contribution in [2.24, 2.45) is 0 Å². The van der Waals surface area contributed by atoms with Crippen molar-refractivity contribution in [2.45, 2.75) is 32.2 Å². The molecule has 0 bridgehead atoms. The van der Waals surface area contributed by atoms with E-state index in [2.05, 4.69) is 4.98 Å². The Morgan fingerprint density at radius 2 is 2.14 bits per heavy atom. The van der Waals surface area contributed by atoms with E-state index >= 15 is 0 Å². The molecule has 6 nitrogen and oxygen atoms in total. The largest absolute Gasteiger partial charge is 0.477 e. The van der Waals surface area contributed by atoms with Crippen LogP contribution in [-0.4, -0.2) is 20.6 Å². The zero-order valence-corrected chi connectivity index (χ0v) is 12.7. The molecular weight excluding hydrogens is 313 g/mol. The molecule has 0 saturated carbocycles. The number of aromatic carboxylic acids is 1. The second kappa shape index (κ2) is 4.42. The van der Waals surface area contributed by atoms with E-state index in [0.717, 1.165) is 0 Å². The first-order valence-corrected chi connectivity index (χ1v) is 7.00. The summed E-state index contributed by atoms with van der Waals surface area (Å²) in [5.41, 5.74) is 3.99. The number of anilines is 1. The van der Waals surface area contributed by atoms with Gasteiger partial charge in [-0.25, -0.2) is 14.2 Å². The molecule has 0 atom stereocenters. The summed E-state index contributed by atoms with van der Waals surface area (Å²) in [5.74, 6) is -2.37. The molecule has 3 heterocycles. The molecule has 0 fully saturated rings. The second-order valence-electron chi connectivity index (χ2n) is 5.93. The van der Waals surface area contributed by atoms with Crippen LogP contribution in [-0.2, 0) is 12.0 Å². The molecule has 22 heavy (non-hydrogen) atoms. The summed E-state index contributed by atoms with van der Waals surface area (Å²) in [4.78, 5) is 28.0. The lowest BCUT2D eigenvalue weighted by molar-refractivity contribution is 0.0693. The minimum absolute atomic E-state index is 0.122. The molecule has 2 aromatic rings. The van der Waals surface area contributed by atoms with Crippen LogP contribution < -0.4 is 11.2 Å².